The van der Waals surface area contributed by atoms with Crippen molar-refractivity contribution in [2.24, 2.45) is 0 Å². The third kappa shape index (κ3) is 3.79. The molecule has 1 heterocycles. The molecule has 0 spiro atoms. The fraction of sp³-hybridized carbons (Fsp3) is 0.286. The number of urea groups is 1. The van der Waals surface area contributed by atoms with Gasteiger partial charge in [0.15, 0.2) is 0 Å². The number of carbonyl (C=O) groups excluding carboxylic acids is 1. The predicted molar refractivity (Wildman–Crippen MR) is 78.6 cm³/mol. The van der Waals surface area contributed by atoms with Crippen LogP contribution in [-0.4, -0.2) is 11.0 Å². The van der Waals surface area contributed by atoms with Gasteiger partial charge in [0.05, 0.1) is 11.6 Å². The van der Waals surface area contributed by atoms with Crippen molar-refractivity contribution >= 4 is 23.1 Å². The highest BCUT2D eigenvalue weighted by Gasteiger charge is 2.05. The van der Waals surface area contributed by atoms with E-state index in [2.05, 4.69) is 15.6 Å². The first-order valence-corrected chi connectivity index (χ1v) is 6.89. The molecule has 0 radical (unpaired) electrons. The summed E-state index contributed by atoms with van der Waals surface area (Å²) in [5.74, 6) is 0. The Bertz CT molecular complexity index is 592. The van der Waals surface area contributed by atoms with Crippen LogP contribution in [0.5, 0.6) is 0 Å². The maximum atomic E-state index is 11.8. The Labute approximate surface area is 116 Å². The van der Waals surface area contributed by atoms with Gasteiger partial charge in [0.2, 0.25) is 0 Å². The number of anilines is 1. The molecule has 0 aliphatic rings. The molecule has 1 aromatic heterocycles. The molecule has 100 valence electrons. The minimum absolute atomic E-state index is 0.196. The van der Waals surface area contributed by atoms with Gasteiger partial charge in [-0.25, -0.2) is 9.78 Å². The lowest BCUT2D eigenvalue weighted by atomic mass is 10.1. The van der Waals surface area contributed by atoms with Crippen molar-refractivity contribution in [3.8, 4) is 0 Å². The SMILES string of the molecule is Cc1ccc(NC(=O)NCc2cnc(C)s2)c(C)c1. The molecule has 4 nitrogen and oxygen atoms in total. The molecule has 2 N–H and O–H groups in total. The van der Waals surface area contributed by atoms with E-state index in [0.29, 0.717) is 6.54 Å². The van der Waals surface area contributed by atoms with Crippen LogP contribution in [0.1, 0.15) is 21.0 Å². The maximum Gasteiger partial charge on any atom is 0.319 e. The number of benzene rings is 1. The number of aromatic nitrogens is 1. The van der Waals surface area contributed by atoms with E-state index in [1.807, 2.05) is 39.0 Å². The Balaban J connectivity index is 1.90. The number of thiazole rings is 1. The zero-order valence-corrected chi connectivity index (χ0v) is 12.1. The van der Waals surface area contributed by atoms with Crippen molar-refractivity contribution in [3.63, 3.8) is 0 Å². The van der Waals surface area contributed by atoms with E-state index in [4.69, 9.17) is 0 Å². The number of nitrogens with zero attached hydrogens (tertiary/aromatic N) is 1. The second kappa shape index (κ2) is 5.84. The quantitative estimate of drug-likeness (QED) is 0.902. The highest BCUT2D eigenvalue weighted by Crippen LogP contribution is 2.16. The van der Waals surface area contributed by atoms with Crippen molar-refractivity contribution in [3.05, 3.63) is 45.4 Å². The highest BCUT2D eigenvalue weighted by atomic mass is 32.1. The molecule has 0 saturated heterocycles. The van der Waals surface area contributed by atoms with E-state index in [1.165, 1.54) is 5.56 Å². The molecular weight excluding hydrogens is 258 g/mol. The van der Waals surface area contributed by atoms with E-state index in [1.54, 1.807) is 17.5 Å². The third-order valence-electron chi connectivity index (χ3n) is 2.72. The van der Waals surface area contributed by atoms with E-state index < -0.39 is 0 Å². The van der Waals surface area contributed by atoms with Crippen molar-refractivity contribution in [1.29, 1.82) is 0 Å². The molecule has 2 aromatic rings. The molecule has 19 heavy (non-hydrogen) atoms. The smallest absolute Gasteiger partial charge is 0.319 e. The van der Waals surface area contributed by atoms with Crippen LogP contribution in [-0.2, 0) is 6.54 Å². The van der Waals surface area contributed by atoms with Gasteiger partial charge in [0.25, 0.3) is 0 Å². The average Bonchev–Trinajstić information content (AvgIpc) is 2.76. The summed E-state index contributed by atoms with van der Waals surface area (Å²) < 4.78 is 0. The van der Waals surface area contributed by atoms with Gasteiger partial charge >= 0.3 is 6.03 Å². The van der Waals surface area contributed by atoms with Gasteiger partial charge < -0.3 is 10.6 Å². The third-order valence-corrected chi connectivity index (χ3v) is 3.64. The molecule has 0 saturated carbocycles. The Hall–Kier alpha value is -1.88. The zero-order valence-electron chi connectivity index (χ0n) is 11.3. The predicted octanol–water partition coefficient (Wildman–Crippen LogP) is 3.39. The van der Waals surface area contributed by atoms with E-state index >= 15 is 0 Å². The van der Waals surface area contributed by atoms with Crippen molar-refractivity contribution in [2.75, 3.05) is 5.32 Å². The Morgan fingerprint density at radius 2 is 2.11 bits per heavy atom. The van der Waals surface area contributed by atoms with Gasteiger partial charge in [-0.15, -0.1) is 11.3 Å². The van der Waals surface area contributed by atoms with E-state index in [0.717, 1.165) is 21.1 Å². The van der Waals surface area contributed by atoms with Gasteiger partial charge in [0.1, 0.15) is 0 Å². The first kappa shape index (κ1) is 13.5. The van der Waals surface area contributed by atoms with E-state index in [9.17, 15) is 4.79 Å². The van der Waals surface area contributed by atoms with Crippen molar-refractivity contribution in [1.82, 2.24) is 10.3 Å². The van der Waals surface area contributed by atoms with E-state index in [-0.39, 0.29) is 6.03 Å². The first-order valence-electron chi connectivity index (χ1n) is 6.08. The van der Waals surface area contributed by atoms with Gasteiger partial charge in [0, 0.05) is 16.8 Å². The Morgan fingerprint density at radius 1 is 1.32 bits per heavy atom. The van der Waals surface area contributed by atoms with Crippen LogP contribution >= 0.6 is 11.3 Å². The van der Waals surface area contributed by atoms with Crippen molar-refractivity contribution in [2.45, 2.75) is 27.3 Å². The minimum atomic E-state index is -0.196. The summed E-state index contributed by atoms with van der Waals surface area (Å²) in [4.78, 5) is 17.0. The summed E-state index contributed by atoms with van der Waals surface area (Å²) >= 11 is 1.59. The molecule has 0 fully saturated rings. The minimum Gasteiger partial charge on any atom is -0.333 e. The van der Waals surface area contributed by atoms with Crippen LogP contribution < -0.4 is 10.6 Å². The lowest BCUT2D eigenvalue weighted by molar-refractivity contribution is 0.252. The van der Waals surface area contributed by atoms with Crippen LogP contribution in [0, 0.1) is 20.8 Å². The summed E-state index contributed by atoms with van der Waals surface area (Å²) in [5, 5.41) is 6.68. The van der Waals surface area contributed by atoms with Crippen LogP contribution in [0.25, 0.3) is 0 Å². The monoisotopic (exact) mass is 275 g/mol. The first-order chi connectivity index (χ1) is 9.04. The fourth-order valence-electron chi connectivity index (χ4n) is 1.77. The van der Waals surface area contributed by atoms with Crippen LogP contribution in [0.4, 0.5) is 10.5 Å². The summed E-state index contributed by atoms with van der Waals surface area (Å²) in [6.07, 6.45) is 1.79. The highest BCUT2D eigenvalue weighted by molar-refractivity contribution is 7.11. The maximum absolute atomic E-state index is 11.8. The standard InChI is InChI=1S/C14H17N3OS/c1-9-4-5-13(10(2)6-9)17-14(18)16-8-12-7-15-11(3)19-12/h4-7H,8H2,1-3H3,(H2,16,17,18). The van der Waals surface area contributed by atoms with Gasteiger partial charge in [-0.05, 0) is 32.4 Å². The fourth-order valence-corrected chi connectivity index (χ4v) is 2.51. The van der Waals surface area contributed by atoms with Crippen molar-refractivity contribution < 1.29 is 4.79 Å². The number of carbonyl (C=O) groups is 1. The molecule has 5 heteroatoms. The molecular formula is C14H17N3OS. The molecule has 2 amide bonds. The molecule has 0 atom stereocenters. The summed E-state index contributed by atoms with van der Waals surface area (Å²) in [6, 6.07) is 5.75. The molecule has 2 rings (SSSR count). The Morgan fingerprint density at radius 3 is 2.74 bits per heavy atom. The zero-order chi connectivity index (χ0) is 13.8. The molecule has 0 aliphatic carbocycles. The number of hydrogen-bond acceptors (Lipinski definition) is 3. The number of rotatable bonds is 3. The molecule has 0 unspecified atom stereocenters. The topological polar surface area (TPSA) is 54.0 Å². The van der Waals surface area contributed by atoms with Gasteiger partial charge in [-0.1, -0.05) is 17.7 Å². The normalized spacial score (nSPS) is 10.3. The molecule has 0 aliphatic heterocycles. The summed E-state index contributed by atoms with van der Waals surface area (Å²) in [6.45, 7) is 6.46. The van der Waals surface area contributed by atoms with Crippen LogP contribution in [0.15, 0.2) is 24.4 Å². The lowest BCUT2D eigenvalue weighted by Crippen LogP contribution is -2.28. The second-order valence-electron chi connectivity index (χ2n) is 4.47. The molecule has 1 aromatic carbocycles. The number of nitrogens with one attached hydrogen (secondary N) is 2. The second-order valence-corrected chi connectivity index (χ2v) is 5.79. The summed E-state index contributed by atoms with van der Waals surface area (Å²) in [7, 11) is 0. The van der Waals surface area contributed by atoms with Crippen LogP contribution in [0.3, 0.4) is 0 Å². The lowest BCUT2D eigenvalue weighted by Gasteiger charge is -2.09. The number of hydrogen-bond donors (Lipinski definition) is 2. The number of amides is 2. The average molecular weight is 275 g/mol. The van der Waals surface area contributed by atoms with Crippen LogP contribution in [0.2, 0.25) is 0 Å². The van der Waals surface area contributed by atoms with Gasteiger partial charge in [-0.2, -0.15) is 0 Å². The molecule has 0 bridgehead atoms. The Kier molecular flexibility index (Phi) is 4.16. The number of aryl methyl sites for hydroxylation is 3. The largest absolute Gasteiger partial charge is 0.333 e. The summed E-state index contributed by atoms with van der Waals surface area (Å²) in [5.41, 5.74) is 3.08. The van der Waals surface area contributed by atoms with Gasteiger partial charge in [-0.3, -0.25) is 0 Å².